The second-order valence-corrected chi connectivity index (χ2v) is 11.5. The van der Waals surface area contributed by atoms with Crippen LogP contribution in [0.15, 0.2) is 12.3 Å². The molecule has 12 heteroatoms. The van der Waals surface area contributed by atoms with Gasteiger partial charge in [0.2, 0.25) is 16.0 Å². The van der Waals surface area contributed by atoms with E-state index in [2.05, 4.69) is 31.8 Å². The van der Waals surface area contributed by atoms with Gasteiger partial charge in [0.15, 0.2) is 5.82 Å². The van der Waals surface area contributed by atoms with Gasteiger partial charge in [-0.15, -0.1) is 0 Å². The van der Waals surface area contributed by atoms with E-state index in [1.165, 1.54) is 16.6 Å². The predicted molar refractivity (Wildman–Crippen MR) is 128 cm³/mol. The summed E-state index contributed by atoms with van der Waals surface area (Å²) in [5.41, 5.74) is 3.08. The van der Waals surface area contributed by atoms with Gasteiger partial charge in [0.05, 0.1) is 40.8 Å². The Morgan fingerprint density at radius 2 is 2.06 bits per heavy atom. The molecule has 9 nitrogen and oxygen atoms in total. The zero-order valence-corrected chi connectivity index (χ0v) is 20.7. The smallest absolute Gasteiger partial charge is 0.223 e. The van der Waals surface area contributed by atoms with Crippen LogP contribution >= 0.6 is 11.6 Å². The number of β-amino-alcohol motifs (C(OH)–C–C–N with tert-alkyl or cyclic N) is 1. The predicted octanol–water partition coefficient (Wildman–Crippen LogP) is 2.91. The molecule has 2 aliphatic rings. The number of aliphatic hydroxyl groups excluding tert-OH is 1. The van der Waals surface area contributed by atoms with Crippen molar-refractivity contribution in [2.45, 2.75) is 51.3 Å². The van der Waals surface area contributed by atoms with Crippen LogP contribution in [-0.2, 0) is 16.4 Å². The maximum atomic E-state index is 15.1. The van der Waals surface area contributed by atoms with Crippen molar-refractivity contribution >= 4 is 38.6 Å². The Bertz CT molecular complexity index is 1400. The first-order valence-electron chi connectivity index (χ1n) is 11.2. The number of rotatable bonds is 4. The summed E-state index contributed by atoms with van der Waals surface area (Å²) in [6.07, 6.45) is 3.66. The molecule has 0 spiro atoms. The van der Waals surface area contributed by atoms with Crippen LogP contribution in [0.4, 0.5) is 10.3 Å². The molecule has 0 saturated carbocycles. The number of aliphatic hydroxyl groups is 1. The third kappa shape index (κ3) is 3.94. The number of piperidine rings is 1. The first-order chi connectivity index (χ1) is 16.0. The number of benzene rings is 1. The SMILES string of the molecule is Cc1nc2c(F)cc(-c3nc(N[C@@H]4CCN(S(C)(=O)=O)C[C@H]4O)ncc3Cl)c3c2n1[C@@H](C)CC3. The Morgan fingerprint density at radius 3 is 2.76 bits per heavy atom. The minimum Gasteiger partial charge on any atom is -0.390 e. The maximum absolute atomic E-state index is 15.1. The largest absolute Gasteiger partial charge is 0.390 e. The molecule has 4 heterocycles. The fraction of sp³-hybridized carbons (Fsp3) is 0.500. The fourth-order valence-corrected chi connectivity index (χ4v) is 6.11. The molecule has 0 radical (unpaired) electrons. The van der Waals surface area contributed by atoms with Crippen molar-refractivity contribution < 1.29 is 17.9 Å². The van der Waals surface area contributed by atoms with Gasteiger partial charge in [-0.2, -0.15) is 4.31 Å². The Balaban J connectivity index is 1.51. The second kappa shape index (κ2) is 8.40. The molecule has 1 fully saturated rings. The quantitative estimate of drug-likeness (QED) is 0.557. The van der Waals surface area contributed by atoms with Gasteiger partial charge in [-0.1, -0.05) is 11.6 Å². The number of hydrogen-bond donors (Lipinski definition) is 2. The monoisotopic (exact) mass is 508 g/mol. The molecule has 182 valence electrons. The Morgan fingerprint density at radius 1 is 1.29 bits per heavy atom. The van der Waals surface area contributed by atoms with E-state index in [0.29, 0.717) is 23.2 Å². The van der Waals surface area contributed by atoms with E-state index in [4.69, 9.17) is 11.6 Å². The van der Waals surface area contributed by atoms with Crippen LogP contribution in [-0.4, -0.2) is 68.8 Å². The average molecular weight is 509 g/mol. The Kier molecular flexibility index (Phi) is 5.78. The molecule has 0 unspecified atom stereocenters. The van der Waals surface area contributed by atoms with Gasteiger partial charge in [-0.05, 0) is 44.7 Å². The summed E-state index contributed by atoms with van der Waals surface area (Å²) in [5, 5.41) is 13.9. The summed E-state index contributed by atoms with van der Waals surface area (Å²) in [6.45, 7) is 4.25. The first kappa shape index (κ1) is 23.4. The first-order valence-corrected chi connectivity index (χ1v) is 13.4. The van der Waals surface area contributed by atoms with Crippen LogP contribution in [0.2, 0.25) is 5.02 Å². The summed E-state index contributed by atoms with van der Waals surface area (Å²) in [5.74, 6) is 0.570. The highest BCUT2D eigenvalue weighted by Gasteiger charge is 2.33. The van der Waals surface area contributed by atoms with Gasteiger partial charge in [-0.3, -0.25) is 0 Å². The van der Waals surface area contributed by atoms with Gasteiger partial charge in [0, 0.05) is 24.7 Å². The molecule has 2 N–H and O–H groups in total. The van der Waals surface area contributed by atoms with Gasteiger partial charge < -0.3 is 15.0 Å². The second-order valence-electron chi connectivity index (χ2n) is 9.12. The van der Waals surface area contributed by atoms with Crippen molar-refractivity contribution in [1.82, 2.24) is 23.8 Å². The van der Waals surface area contributed by atoms with Crippen LogP contribution in [0.5, 0.6) is 0 Å². The molecule has 3 atom stereocenters. The van der Waals surface area contributed by atoms with Crippen molar-refractivity contribution in [3.63, 3.8) is 0 Å². The summed E-state index contributed by atoms with van der Waals surface area (Å²) in [7, 11) is -3.38. The average Bonchev–Trinajstić information content (AvgIpc) is 3.13. The summed E-state index contributed by atoms with van der Waals surface area (Å²) in [6, 6.07) is 1.21. The molecule has 0 amide bonds. The zero-order chi connectivity index (χ0) is 24.4. The standard InChI is InChI=1S/C22H26ClFN6O3S/c1-11-4-5-13-14(8-16(24)20-21(13)30(11)12(2)26-20)19-15(23)9-25-22(28-19)27-17-6-7-29(10-18(17)31)34(3,32)33/h8-9,11,17-18,31H,4-7,10H2,1-3H3,(H,25,27,28)/t11-,17+,18+/m0/s1. The lowest BCUT2D eigenvalue weighted by Gasteiger charge is -2.34. The number of imidazole rings is 1. The van der Waals surface area contributed by atoms with E-state index in [9.17, 15) is 13.5 Å². The number of hydrogen-bond acceptors (Lipinski definition) is 7. The number of sulfonamides is 1. The third-order valence-electron chi connectivity index (χ3n) is 6.78. The minimum absolute atomic E-state index is 0.00943. The van der Waals surface area contributed by atoms with E-state index in [-0.39, 0.29) is 30.1 Å². The third-order valence-corrected chi connectivity index (χ3v) is 8.32. The van der Waals surface area contributed by atoms with Crippen molar-refractivity contribution in [2.75, 3.05) is 24.7 Å². The van der Waals surface area contributed by atoms with Crippen molar-refractivity contribution in [3.8, 4) is 11.3 Å². The molecule has 0 aliphatic carbocycles. The van der Waals surface area contributed by atoms with Gasteiger partial charge >= 0.3 is 0 Å². The van der Waals surface area contributed by atoms with Crippen molar-refractivity contribution in [2.24, 2.45) is 0 Å². The topological polar surface area (TPSA) is 113 Å². The van der Waals surface area contributed by atoms with Crippen LogP contribution in [0.1, 0.15) is 37.2 Å². The number of anilines is 1. The van der Waals surface area contributed by atoms with E-state index >= 15 is 4.39 Å². The van der Waals surface area contributed by atoms with Crippen molar-refractivity contribution in [1.29, 1.82) is 0 Å². The molecular formula is C22H26ClFN6O3S. The van der Waals surface area contributed by atoms with Crippen molar-refractivity contribution in [3.05, 3.63) is 34.5 Å². The number of halogens is 2. The lowest BCUT2D eigenvalue weighted by molar-refractivity contribution is 0.0950. The lowest BCUT2D eigenvalue weighted by atomic mass is 9.93. The zero-order valence-electron chi connectivity index (χ0n) is 19.1. The van der Waals surface area contributed by atoms with E-state index in [0.717, 1.165) is 36.0 Å². The maximum Gasteiger partial charge on any atom is 0.223 e. The van der Waals surface area contributed by atoms with Gasteiger partial charge in [-0.25, -0.2) is 27.8 Å². The van der Waals surface area contributed by atoms with Crippen LogP contribution < -0.4 is 5.32 Å². The molecule has 34 heavy (non-hydrogen) atoms. The summed E-state index contributed by atoms with van der Waals surface area (Å²) in [4.78, 5) is 13.3. The lowest BCUT2D eigenvalue weighted by Crippen LogP contribution is -2.51. The number of aryl methyl sites for hydroxylation is 2. The van der Waals surface area contributed by atoms with Gasteiger partial charge in [0.25, 0.3) is 0 Å². The van der Waals surface area contributed by atoms with Gasteiger partial charge in [0.1, 0.15) is 11.3 Å². The highest BCUT2D eigenvalue weighted by atomic mass is 35.5. The highest BCUT2D eigenvalue weighted by Crippen LogP contribution is 2.40. The highest BCUT2D eigenvalue weighted by molar-refractivity contribution is 7.88. The summed E-state index contributed by atoms with van der Waals surface area (Å²) >= 11 is 6.48. The van der Waals surface area contributed by atoms with Crippen LogP contribution in [0.3, 0.4) is 0 Å². The van der Waals surface area contributed by atoms with E-state index < -0.39 is 28.0 Å². The molecule has 3 aromatic rings. The Hall–Kier alpha value is -2.34. The normalized spacial score (nSPS) is 23.4. The van der Waals surface area contributed by atoms with E-state index in [1.54, 1.807) is 0 Å². The summed E-state index contributed by atoms with van der Waals surface area (Å²) < 4.78 is 42.0. The molecule has 1 saturated heterocycles. The number of nitrogens with one attached hydrogen (secondary N) is 1. The van der Waals surface area contributed by atoms with Crippen LogP contribution in [0.25, 0.3) is 22.3 Å². The molecule has 0 bridgehead atoms. The Labute approximate surface area is 202 Å². The molecular weight excluding hydrogens is 483 g/mol. The van der Waals surface area contributed by atoms with E-state index in [1.807, 2.05) is 6.92 Å². The number of aromatic nitrogens is 4. The number of nitrogens with zero attached hydrogens (tertiary/aromatic N) is 5. The minimum atomic E-state index is -3.38. The van der Waals surface area contributed by atoms with Crippen LogP contribution in [0, 0.1) is 12.7 Å². The molecule has 2 aromatic heterocycles. The molecule has 5 rings (SSSR count). The molecule has 1 aromatic carbocycles. The molecule has 2 aliphatic heterocycles. The fourth-order valence-electron chi connectivity index (χ4n) is 5.06.